The first kappa shape index (κ1) is 15.1. The van der Waals surface area contributed by atoms with E-state index < -0.39 is 0 Å². The Morgan fingerprint density at radius 3 is 2.95 bits per heavy atom. The van der Waals surface area contributed by atoms with Gasteiger partial charge in [0.25, 0.3) is 0 Å². The highest BCUT2D eigenvalue weighted by molar-refractivity contribution is 5.81. The van der Waals surface area contributed by atoms with Crippen LogP contribution < -0.4 is 10.1 Å². The zero-order valence-electron chi connectivity index (χ0n) is 11.6. The molecule has 0 spiro atoms. The van der Waals surface area contributed by atoms with Gasteiger partial charge in [0, 0.05) is 6.54 Å². The van der Waals surface area contributed by atoms with Crippen LogP contribution in [0.4, 0.5) is 0 Å². The summed E-state index contributed by atoms with van der Waals surface area (Å²) in [7, 11) is 3.54. The molecule has 1 aromatic carbocycles. The SMILES string of the molecule is C#CCNC(=O)C(C)N(C)Cc1cccc(OC)c1. The molecule has 4 nitrogen and oxygen atoms in total. The summed E-state index contributed by atoms with van der Waals surface area (Å²) in [5.74, 6) is 3.14. The first-order chi connectivity index (χ1) is 9.08. The van der Waals surface area contributed by atoms with Crippen LogP contribution in [0, 0.1) is 12.3 Å². The van der Waals surface area contributed by atoms with Gasteiger partial charge in [-0.1, -0.05) is 18.1 Å². The second-order valence-corrected chi connectivity index (χ2v) is 4.36. The first-order valence-electron chi connectivity index (χ1n) is 6.12. The molecule has 1 N–H and O–H groups in total. The molecule has 0 saturated carbocycles. The van der Waals surface area contributed by atoms with Crippen LogP contribution in [0.25, 0.3) is 0 Å². The van der Waals surface area contributed by atoms with E-state index >= 15 is 0 Å². The lowest BCUT2D eigenvalue weighted by Gasteiger charge is -2.23. The molecule has 0 aromatic heterocycles. The predicted octanol–water partition coefficient (Wildman–Crippen LogP) is 1.26. The minimum Gasteiger partial charge on any atom is -0.497 e. The highest BCUT2D eigenvalue weighted by atomic mass is 16.5. The summed E-state index contributed by atoms with van der Waals surface area (Å²) in [6, 6.07) is 7.56. The molecular formula is C15H20N2O2. The third-order valence-corrected chi connectivity index (χ3v) is 2.97. The molecule has 0 heterocycles. The van der Waals surface area contributed by atoms with Gasteiger partial charge in [-0.05, 0) is 31.7 Å². The molecule has 1 unspecified atom stereocenters. The second-order valence-electron chi connectivity index (χ2n) is 4.36. The largest absolute Gasteiger partial charge is 0.497 e. The molecular weight excluding hydrogens is 240 g/mol. The van der Waals surface area contributed by atoms with Gasteiger partial charge in [-0.15, -0.1) is 6.42 Å². The van der Waals surface area contributed by atoms with E-state index in [-0.39, 0.29) is 18.5 Å². The Morgan fingerprint density at radius 2 is 2.32 bits per heavy atom. The van der Waals surface area contributed by atoms with Crippen LogP contribution in [0.2, 0.25) is 0 Å². The number of hydrogen-bond acceptors (Lipinski definition) is 3. The maximum atomic E-state index is 11.8. The van der Waals surface area contributed by atoms with E-state index in [4.69, 9.17) is 11.2 Å². The number of terminal acetylenes is 1. The monoisotopic (exact) mass is 260 g/mol. The van der Waals surface area contributed by atoms with Crippen LogP contribution in [0.5, 0.6) is 5.75 Å². The van der Waals surface area contributed by atoms with Gasteiger partial charge in [0.05, 0.1) is 19.7 Å². The Hall–Kier alpha value is -1.99. The first-order valence-corrected chi connectivity index (χ1v) is 6.12. The summed E-state index contributed by atoms with van der Waals surface area (Å²) in [5.41, 5.74) is 1.10. The number of likely N-dealkylation sites (N-methyl/N-ethyl adjacent to an activating group) is 1. The number of nitrogens with one attached hydrogen (secondary N) is 1. The summed E-state index contributed by atoms with van der Waals surface area (Å²) < 4.78 is 5.18. The lowest BCUT2D eigenvalue weighted by Crippen LogP contribution is -2.42. The highest BCUT2D eigenvalue weighted by Gasteiger charge is 2.17. The van der Waals surface area contributed by atoms with E-state index in [9.17, 15) is 4.79 Å². The quantitative estimate of drug-likeness (QED) is 0.783. The van der Waals surface area contributed by atoms with Crippen molar-refractivity contribution in [1.29, 1.82) is 0 Å². The van der Waals surface area contributed by atoms with Crippen LogP contribution in [0.15, 0.2) is 24.3 Å². The standard InChI is InChI=1S/C15H20N2O2/c1-5-9-16-15(18)12(2)17(3)11-13-7-6-8-14(10-13)19-4/h1,6-8,10,12H,9,11H2,2-4H3,(H,16,18). The van der Waals surface area contributed by atoms with Crippen molar-refractivity contribution in [3.05, 3.63) is 29.8 Å². The molecule has 0 aliphatic heterocycles. The fraction of sp³-hybridized carbons (Fsp3) is 0.400. The molecule has 0 bridgehead atoms. The van der Waals surface area contributed by atoms with E-state index in [0.29, 0.717) is 6.54 Å². The number of nitrogens with zero attached hydrogens (tertiary/aromatic N) is 1. The zero-order valence-corrected chi connectivity index (χ0v) is 11.6. The van der Waals surface area contributed by atoms with Crippen LogP contribution in [0.1, 0.15) is 12.5 Å². The molecule has 0 saturated heterocycles. The van der Waals surface area contributed by atoms with Crippen molar-refractivity contribution < 1.29 is 9.53 Å². The molecule has 19 heavy (non-hydrogen) atoms. The van der Waals surface area contributed by atoms with E-state index in [0.717, 1.165) is 11.3 Å². The van der Waals surface area contributed by atoms with Crippen molar-refractivity contribution in [2.45, 2.75) is 19.5 Å². The number of carbonyl (C=O) groups is 1. The van der Waals surface area contributed by atoms with Crippen LogP contribution in [0.3, 0.4) is 0 Å². The number of carbonyl (C=O) groups excluding carboxylic acids is 1. The molecule has 0 aliphatic rings. The number of methoxy groups -OCH3 is 1. The molecule has 4 heteroatoms. The van der Waals surface area contributed by atoms with Crippen molar-refractivity contribution in [3.63, 3.8) is 0 Å². The van der Waals surface area contributed by atoms with Crippen LogP contribution in [-0.2, 0) is 11.3 Å². The van der Waals surface area contributed by atoms with Gasteiger partial charge < -0.3 is 10.1 Å². The number of rotatable bonds is 6. The van der Waals surface area contributed by atoms with Gasteiger partial charge in [0.15, 0.2) is 0 Å². The van der Waals surface area contributed by atoms with Crippen LogP contribution >= 0.6 is 0 Å². The van der Waals surface area contributed by atoms with Crippen molar-refractivity contribution in [3.8, 4) is 18.1 Å². The van der Waals surface area contributed by atoms with E-state index in [1.54, 1.807) is 7.11 Å². The molecule has 0 aliphatic carbocycles. The summed E-state index contributed by atoms with van der Waals surface area (Å²) in [6.07, 6.45) is 5.12. The van der Waals surface area contributed by atoms with Gasteiger partial charge in [-0.25, -0.2) is 0 Å². The number of hydrogen-bond donors (Lipinski definition) is 1. The molecule has 1 amide bonds. The molecule has 0 radical (unpaired) electrons. The van der Waals surface area contributed by atoms with Gasteiger partial charge in [0.1, 0.15) is 5.75 Å². The summed E-state index contributed by atoms with van der Waals surface area (Å²) in [5, 5.41) is 2.68. The van der Waals surface area contributed by atoms with Crippen molar-refractivity contribution in [1.82, 2.24) is 10.2 Å². The molecule has 0 fully saturated rings. The number of ether oxygens (including phenoxy) is 1. The van der Waals surface area contributed by atoms with Gasteiger partial charge in [-0.3, -0.25) is 9.69 Å². The maximum absolute atomic E-state index is 11.8. The number of benzene rings is 1. The van der Waals surface area contributed by atoms with E-state index in [2.05, 4.69) is 11.2 Å². The minimum atomic E-state index is -0.237. The molecule has 1 rings (SSSR count). The third kappa shape index (κ3) is 4.65. The fourth-order valence-electron chi connectivity index (χ4n) is 1.68. The van der Waals surface area contributed by atoms with E-state index in [1.807, 2.05) is 43.1 Å². The summed E-state index contributed by atoms with van der Waals surface area (Å²) >= 11 is 0. The average molecular weight is 260 g/mol. The third-order valence-electron chi connectivity index (χ3n) is 2.97. The summed E-state index contributed by atoms with van der Waals surface area (Å²) in [4.78, 5) is 13.7. The maximum Gasteiger partial charge on any atom is 0.237 e. The van der Waals surface area contributed by atoms with Crippen molar-refractivity contribution in [2.24, 2.45) is 0 Å². The number of amides is 1. The smallest absolute Gasteiger partial charge is 0.237 e. The van der Waals surface area contributed by atoms with Gasteiger partial charge in [-0.2, -0.15) is 0 Å². The molecule has 102 valence electrons. The molecule has 1 atom stereocenters. The summed E-state index contributed by atoms with van der Waals surface area (Å²) in [6.45, 7) is 2.78. The topological polar surface area (TPSA) is 41.6 Å². The van der Waals surface area contributed by atoms with E-state index in [1.165, 1.54) is 0 Å². The van der Waals surface area contributed by atoms with Crippen LogP contribution in [-0.4, -0.2) is 37.6 Å². The normalized spacial score (nSPS) is 11.7. The Balaban J connectivity index is 2.60. The molecule has 1 aromatic rings. The van der Waals surface area contributed by atoms with Crippen molar-refractivity contribution in [2.75, 3.05) is 20.7 Å². The lowest BCUT2D eigenvalue weighted by atomic mass is 10.1. The Bertz CT molecular complexity index is 465. The van der Waals surface area contributed by atoms with Crippen molar-refractivity contribution >= 4 is 5.91 Å². The second kappa shape index (κ2) is 7.45. The average Bonchev–Trinajstić information content (AvgIpc) is 2.43. The van der Waals surface area contributed by atoms with Gasteiger partial charge >= 0.3 is 0 Å². The highest BCUT2D eigenvalue weighted by Crippen LogP contribution is 2.14. The predicted molar refractivity (Wildman–Crippen MR) is 75.8 cm³/mol. The Morgan fingerprint density at radius 1 is 1.58 bits per heavy atom. The Labute approximate surface area is 114 Å². The fourth-order valence-corrected chi connectivity index (χ4v) is 1.68. The Kier molecular flexibility index (Phi) is 5.91. The lowest BCUT2D eigenvalue weighted by molar-refractivity contribution is -0.125. The minimum absolute atomic E-state index is 0.0663. The van der Waals surface area contributed by atoms with Gasteiger partial charge in [0.2, 0.25) is 5.91 Å². The zero-order chi connectivity index (χ0) is 14.3.